The summed E-state index contributed by atoms with van der Waals surface area (Å²) < 4.78 is 5.65. The average molecular weight is 506 g/mol. The zero-order chi connectivity index (χ0) is 25.9. The molecule has 2 aromatic carbocycles. The minimum Gasteiger partial charge on any atom is -0.484 e. The molecule has 3 saturated heterocycles. The molecule has 3 aliphatic rings. The third-order valence-corrected chi connectivity index (χ3v) is 7.70. The van der Waals surface area contributed by atoms with E-state index in [1.165, 1.54) is 0 Å². The number of hydrogen-bond acceptors (Lipinski definition) is 6. The topological polar surface area (TPSA) is 85.4 Å². The summed E-state index contributed by atoms with van der Waals surface area (Å²) in [5.74, 6) is 0.0445. The van der Waals surface area contributed by atoms with Gasteiger partial charge in [-0.05, 0) is 37.7 Å². The van der Waals surface area contributed by atoms with E-state index in [0.717, 1.165) is 17.8 Å². The number of piperidine rings is 1. The lowest BCUT2D eigenvalue weighted by Crippen LogP contribution is -2.60. The number of aryl methyl sites for hydroxylation is 1. The van der Waals surface area contributed by atoms with Crippen molar-refractivity contribution in [1.82, 2.24) is 20.1 Å². The number of piperazine rings is 1. The monoisotopic (exact) mass is 505 g/mol. The van der Waals surface area contributed by atoms with Crippen molar-refractivity contribution in [3.8, 4) is 5.75 Å². The van der Waals surface area contributed by atoms with E-state index in [1.54, 1.807) is 9.91 Å². The molecule has 0 bridgehead atoms. The fourth-order valence-electron chi connectivity index (χ4n) is 5.48. The van der Waals surface area contributed by atoms with Crippen LogP contribution in [0.25, 0.3) is 0 Å². The van der Waals surface area contributed by atoms with Gasteiger partial charge in [0.25, 0.3) is 5.91 Å². The van der Waals surface area contributed by atoms with Gasteiger partial charge in [0.1, 0.15) is 5.75 Å². The summed E-state index contributed by atoms with van der Waals surface area (Å²) >= 11 is 0. The summed E-state index contributed by atoms with van der Waals surface area (Å²) in [6.07, 6.45) is 0. The number of hydrazine groups is 1. The van der Waals surface area contributed by atoms with E-state index < -0.39 is 0 Å². The summed E-state index contributed by atoms with van der Waals surface area (Å²) in [5, 5.41) is 1.61. The van der Waals surface area contributed by atoms with Gasteiger partial charge in [0.2, 0.25) is 11.8 Å². The van der Waals surface area contributed by atoms with Crippen molar-refractivity contribution >= 4 is 23.4 Å². The van der Waals surface area contributed by atoms with Gasteiger partial charge in [-0.15, -0.1) is 0 Å². The van der Waals surface area contributed by atoms with Gasteiger partial charge in [-0.1, -0.05) is 42.8 Å². The Morgan fingerprint density at radius 3 is 2.30 bits per heavy atom. The number of nitrogens with zero attached hydrogens (tertiary/aromatic N) is 4. The first-order valence-electron chi connectivity index (χ1n) is 13.1. The molecule has 37 heavy (non-hydrogen) atoms. The molecule has 3 aliphatic heterocycles. The lowest BCUT2D eigenvalue weighted by molar-refractivity contribution is -0.145. The maximum Gasteiger partial charge on any atom is 0.260 e. The molecule has 3 heterocycles. The molecule has 0 radical (unpaired) electrons. The summed E-state index contributed by atoms with van der Waals surface area (Å²) in [5.41, 5.74) is 5.29. The highest BCUT2D eigenvalue weighted by Gasteiger charge is 2.51. The Hall–Kier alpha value is -3.43. The first-order valence-corrected chi connectivity index (χ1v) is 13.1. The van der Waals surface area contributed by atoms with Gasteiger partial charge >= 0.3 is 0 Å². The van der Waals surface area contributed by atoms with Crippen LogP contribution in [0.3, 0.4) is 0 Å². The molecule has 3 unspecified atom stereocenters. The normalized spacial score (nSPS) is 24.2. The van der Waals surface area contributed by atoms with Gasteiger partial charge in [0, 0.05) is 39.3 Å². The van der Waals surface area contributed by atoms with Gasteiger partial charge in [-0.25, -0.2) is 10.4 Å². The molecule has 3 amide bonds. The van der Waals surface area contributed by atoms with Crippen molar-refractivity contribution in [2.75, 3.05) is 57.4 Å². The van der Waals surface area contributed by atoms with Crippen LogP contribution in [0.1, 0.15) is 12.5 Å². The van der Waals surface area contributed by atoms with Crippen LogP contribution in [0.15, 0.2) is 54.6 Å². The number of fused-ring (bicyclic) bond motifs is 1. The summed E-state index contributed by atoms with van der Waals surface area (Å²) in [7, 11) is 0. The largest absolute Gasteiger partial charge is 0.484 e. The van der Waals surface area contributed by atoms with Crippen LogP contribution in [-0.2, 0) is 14.4 Å². The Kier molecular flexibility index (Phi) is 7.43. The minimum atomic E-state index is -0.330. The van der Waals surface area contributed by atoms with Crippen molar-refractivity contribution in [2.24, 2.45) is 11.8 Å². The van der Waals surface area contributed by atoms with E-state index >= 15 is 0 Å². The number of nitrogens with one attached hydrogen (secondary N) is 1. The van der Waals surface area contributed by atoms with Crippen LogP contribution >= 0.6 is 0 Å². The Morgan fingerprint density at radius 1 is 0.946 bits per heavy atom. The summed E-state index contributed by atoms with van der Waals surface area (Å²) in [6, 6.07) is 16.9. The van der Waals surface area contributed by atoms with Gasteiger partial charge in [-0.2, -0.15) is 0 Å². The third-order valence-electron chi connectivity index (χ3n) is 7.70. The van der Waals surface area contributed by atoms with Crippen molar-refractivity contribution < 1.29 is 19.1 Å². The Balaban J connectivity index is 1.20. The van der Waals surface area contributed by atoms with Crippen LogP contribution in [0, 0.1) is 18.8 Å². The van der Waals surface area contributed by atoms with E-state index in [9.17, 15) is 14.4 Å². The molecule has 0 spiro atoms. The Bertz CT molecular complexity index is 1120. The maximum absolute atomic E-state index is 13.7. The van der Waals surface area contributed by atoms with Crippen LogP contribution in [0.5, 0.6) is 5.75 Å². The molecule has 0 aliphatic carbocycles. The highest BCUT2D eigenvalue weighted by Crippen LogP contribution is 2.32. The van der Waals surface area contributed by atoms with E-state index in [4.69, 9.17) is 4.74 Å². The predicted molar refractivity (Wildman–Crippen MR) is 140 cm³/mol. The van der Waals surface area contributed by atoms with Gasteiger partial charge in [-0.3, -0.25) is 14.4 Å². The molecule has 9 nitrogen and oxygen atoms in total. The molecule has 0 saturated carbocycles. The molecule has 196 valence electrons. The summed E-state index contributed by atoms with van der Waals surface area (Å²) in [4.78, 5) is 45.5. The Labute approximate surface area is 217 Å². The number of likely N-dealkylation sites (tertiary alicyclic amines) is 1. The molecule has 9 heteroatoms. The second-order valence-electron chi connectivity index (χ2n) is 10.0. The fraction of sp³-hybridized carbons (Fsp3) is 0.464. The quantitative estimate of drug-likeness (QED) is 0.641. The zero-order valence-corrected chi connectivity index (χ0v) is 21.5. The number of carbonyl (C=O) groups is 3. The highest BCUT2D eigenvalue weighted by molar-refractivity contribution is 5.98. The van der Waals surface area contributed by atoms with E-state index in [2.05, 4.69) is 17.2 Å². The standard InChI is InChI=1S/C28H35N5O4/c1-3-30-17-23(26-24(18-30)28(36)33(29-26)21-7-5-4-6-8-21)27(35)32-15-13-31(14-16-32)25(34)19-37-22-11-9-20(2)10-12-22/h4-12,23-24,26,29H,3,13-19H2,1-2H3. The number of para-hydroxylation sites is 1. The molecule has 3 fully saturated rings. The number of anilines is 1. The number of benzene rings is 2. The SMILES string of the molecule is CCN1CC(C(=O)N2CCN(C(=O)COc3ccc(C)cc3)CC2)C2NN(c3ccccc3)C(=O)C2C1. The second-order valence-corrected chi connectivity index (χ2v) is 10.0. The van der Waals surface area contributed by atoms with Crippen molar-refractivity contribution in [3.05, 3.63) is 60.2 Å². The average Bonchev–Trinajstić information content (AvgIpc) is 3.28. The smallest absolute Gasteiger partial charge is 0.260 e. The Morgan fingerprint density at radius 2 is 1.62 bits per heavy atom. The minimum absolute atomic E-state index is 0.0103. The van der Waals surface area contributed by atoms with E-state index in [1.807, 2.05) is 66.4 Å². The molecule has 0 aromatic heterocycles. The van der Waals surface area contributed by atoms with Crippen molar-refractivity contribution in [1.29, 1.82) is 0 Å². The molecule has 1 N–H and O–H groups in total. The lowest BCUT2D eigenvalue weighted by atomic mass is 9.83. The van der Waals surface area contributed by atoms with Crippen LogP contribution in [0.2, 0.25) is 0 Å². The molecular weight excluding hydrogens is 470 g/mol. The highest BCUT2D eigenvalue weighted by atomic mass is 16.5. The first kappa shape index (κ1) is 25.2. The second kappa shape index (κ2) is 10.9. The van der Waals surface area contributed by atoms with Crippen LogP contribution in [-0.4, -0.2) is 90.9 Å². The number of hydrogen-bond donors (Lipinski definition) is 1. The number of amides is 3. The van der Waals surface area contributed by atoms with Gasteiger partial charge in [0.15, 0.2) is 6.61 Å². The van der Waals surface area contributed by atoms with Crippen molar-refractivity contribution in [3.63, 3.8) is 0 Å². The maximum atomic E-state index is 13.7. The molecular formula is C28H35N5O4. The molecule has 2 aromatic rings. The molecule has 5 rings (SSSR count). The zero-order valence-electron chi connectivity index (χ0n) is 21.5. The van der Waals surface area contributed by atoms with Gasteiger partial charge in [0.05, 0.1) is 23.6 Å². The summed E-state index contributed by atoms with van der Waals surface area (Å²) in [6.45, 7) is 8.00. The number of rotatable bonds is 6. The van der Waals surface area contributed by atoms with Crippen LogP contribution < -0.4 is 15.2 Å². The van der Waals surface area contributed by atoms with Gasteiger partial charge < -0.3 is 19.4 Å². The van der Waals surface area contributed by atoms with E-state index in [-0.39, 0.29) is 42.2 Å². The third kappa shape index (κ3) is 5.33. The lowest BCUT2D eigenvalue weighted by Gasteiger charge is -2.42. The van der Waals surface area contributed by atoms with Crippen molar-refractivity contribution in [2.45, 2.75) is 19.9 Å². The van der Waals surface area contributed by atoms with Crippen LogP contribution in [0.4, 0.5) is 5.69 Å². The number of ether oxygens (including phenoxy) is 1. The van der Waals surface area contributed by atoms with E-state index in [0.29, 0.717) is 45.0 Å². The number of carbonyl (C=O) groups excluding carboxylic acids is 3. The predicted octanol–water partition coefficient (Wildman–Crippen LogP) is 1.53. The fourth-order valence-corrected chi connectivity index (χ4v) is 5.48. The molecule has 3 atom stereocenters. The first-order chi connectivity index (χ1) is 17.9.